The first-order chi connectivity index (χ1) is 15.3. The van der Waals surface area contributed by atoms with Crippen molar-refractivity contribution in [3.63, 3.8) is 0 Å². The van der Waals surface area contributed by atoms with E-state index in [1.54, 1.807) is 6.92 Å². The molecule has 2 aliphatic rings. The minimum absolute atomic E-state index is 0.0378. The van der Waals surface area contributed by atoms with E-state index in [0.717, 1.165) is 30.8 Å². The Hall–Kier alpha value is -3.26. The third kappa shape index (κ3) is 4.65. The standard InChI is InChI=1S/C24H27FN4O3/c1-24(18-9-11-19(25)12-10-18)22(31)29(23(32)27-24)16-21(30)26-20-8-5-13-28(15-20)14-17-6-3-2-4-7-17/h2-4,6-7,9-12,20H,5,8,13-16H2,1H3,(H,26,30)(H,27,32). The van der Waals surface area contributed by atoms with Crippen LogP contribution in [0, 0.1) is 5.82 Å². The van der Waals surface area contributed by atoms with Gasteiger partial charge in [0, 0.05) is 19.1 Å². The van der Waals surface area contributed by atoms with Crippen LogP contribution in [0.5, 0.6) is 0 Å². The highest BCUT2D eigenvalue weighted by molar-refractivity contribution is 6.09. The molecule has 0 spiro atoms. The van der Waals surface area contributed by atoms with Gasteiger partial charge in [-0.2, -0.15) is 0 Å². The maximum absolute atomic E-state index is 13.3. The zero-order chi connectivity index (χ0) is 22.7. The molecule has 0 aliphatic carbocycles. The molecule has 2 unspecified atom stereocenters. The Morgan fingerprint density at radius 2 is 1.88 bits per heavy atom. The van der Waals surface area contributed by atoms with E-state index < -0.39 is 23.3 Å². The topological polar surface area (TPSA) is 81.8 Å². The van der Waals surface area contributed by atoms with E-state index in [0.29, 0.717) is 12.1 Å². The van der Waals surface area contributed by atoms with Crippen LogP contribution < -0.4 is 10.6 Å². The van der Waals surface area contributed by atoms with Crippen LogP contribution in [0.2, 0.25) is 0 Å². The predicted molar refractivity (Wildman–Crippen MR) is 117 cm³/mol. The first-order valence-electron chi connectivity index (χ1n) is 10.8. The first-order valence-corrected chi connectivity index (χ1v) is 10.8. The maximum Gasteiger partial charge on any atom is 0.325 e. The van der Waals surface area contributed by atoms with Gasteiger partial charge in [0.25, 0.3) is 5.91 Å². The van der Waals surface area contributed by atoms with Crippen molar-refractivity contribution in [2.75, 3.05) is 19.6 Å². The molecule has 168 valence electrons. The zero-order valence-corrected chi connectivity index (χ0v) is 18.0. The number of nitrogens with zero attached hydrogens (tertiary/aromatic N) is 2. The van der Waals surface area contributed by atoms with Gasteiger partial charge in [-0.15, -0.1) is 0 Å². The third-order valence-electron chi connectivity index (χ3n) is 6.12. The Labute approximate surface area is 186 Å². The highest BCUT2D eigenvalue weighted by atomic mass is 19.1. The number of hydrogen-bond acceptors (Lipinski definition) is 4. The summed E-state index contributed by atoms with van der Waals surface area (Å²) in [6.07, 6.45) is 1.81. The van der Waals surface area contributed by atoms with E-state index in [-0.39, 0.29) is 18.5 Å². The molecule has 32 heavy (non-hydrogen) atoms. The molecular weight excluding hydrogens is 411 g/mol. The lowest BCUT2D eigenvalue weighted by atomic mass is 9.92. The van der Waals surface area contributed by atoms with Crippen molar-refractivity contribution in [1.82, 2.24) is 20.4 Å². The van der Waals surface area contributed by atoms with Gasteiger partial charge in [-0.05, 0) is 49.6 Å². The number of halogens is 1. The Morgan fingerprint density at radius 1 is 1.16 bits per heavy atom. The second-order valence-corrected chi connectivity index (χ2v) is 8.58. The molecule has 7 nitrogen and oxygen atoms in total. The lowest BCUT2D eigenvalue weighted by molar-refractivity contribution is -0.135. The Kier molecular flexibility index (Phi) is 6.23. The summed E-state index contributed by atoms with van der Waals surface area (Å²) >= 11 is 0. The van der Waals surface area contributed by atoms with Crippen LogP contribution in [-0.2, 0) is 21.7 Å². The summed E-state index contributed by atoms with van der Waals surface area (Å²) in [6, 6.07) is 14.9. The fourth-order valence-corrected chi connectivity index (χ4v) is 4.39. The number of benzene rings is 2. The van der Waals surface area contributed by atoms with Crippen molar-refractivity contribution in [2.45, 2.75) is 37.9 Å². The number of amides is 4. The number of piperidine rings is 1. The van der Waals surface area contributed by atoms with Gasteiger partial charge in [0.15, 0.2) is 0 Å². The van der Waals surface area contributed by atoms with E-state index in [4.69, 9.17) is 0 Å². The SMILES string of the molecule is CC1(c2ccc(F)cc2)NC(=O)N(CC(=O)NC2CCCN(Cc3ccccc3)C2)C1=O. The molecule has 2 aromatic rings. The molecule has 2 N–H and O–H groups in total. The fraction of sp³-hybridized carbons (Fsp3) is 0.375. The Bertz CT molecular complexity index is 998. The van der Waals surface area contributed by atoms with Crippen LogP contribution in [-0.4, -0.2) is 53.3 Å². The largest absolute Gasteiger partial charge is 0.351 e. The average molecular weight is 439 g/mol. The molecule has 2 saturated heterocycles. The monoisotopic (exact) mass is 438 g/mol. The summed E-state index contributed by atoms with van der Waals surface area (Å²) in [5.74, 6) is -1.33. The molecule has 4 amide bonds. The molecular formula is C24H27FN4O3. The van der Waals surface area contributed by atoms with Gasteiger partial charge < -0.3 is 10.6 Å². The summed E-state index contributed by atoms with van der Waals surface area (Å²) in [4.78, 5) is 41.3. The van der Waals surface area contributed by atoms with Gasteiger partial charge in [-0.25, -0.2) is 9.18 Å². The summed E-state index contributed by atoms with van der Waals surface area (Å²) < 4.78 is 13.3. The Morgan fingerprint density at radius 3 is 2.59 bits per heavy atom. The quantitative estimate of drug-likeness (QED) is 0.679. The molecule has 8 heteroatoms. The molecule has 2 heterocycles. The third-order valence-corrected chi connectivity index (χ3v) is 6.12. The molecule has 2 fully saturated rings. The lowest BCUT2D eigenvalue weighted by Crippen LogP contribution is -2.50. The van der Waals surface area contributed by atoms with Crippen LogP contribution >= 0.6 is 0 Å². The zero-order valence-electron chi connectivity index (χ0n) is 18.0. The number of rotatable bonds is 6. The van der Waals surface area contributed by atoms with E-state index in [1.165, 1.54) is 29.8 Å². The van der Waals surface area contributed by atoms with Crippen LogP contribution in [0.3, 0.4) is 0 Å². The number of imide groups is 1. The smallest absolute Gasteiger partial charge is 0.325 e. The van der Waals surface area contributed by atoms with E-state index in [2.05, 4.69) is 27.7 Å². The molecule has 2 aliphatic heterocycles. The van der Waals surface area contributed by atoms with Gasteiger partial charge in [0.05, 0.1) is 0 Å². The molecule has 0 radical (unpaired) electrons. The molecule has 2 atom stereocenters. The van der Waals surface area contributed by atoms with Crippen LogP contribution in [0.4, 0.5) is 9.18 Å². The number of carbonyl (C=O) groups excluding carboxylic acids is 3. The van der Waals surface area contributed by atoms with Crippen molar-refractivity contribution in [1.29, 1.82) is 0 Å². The molecule has 4 rings (SSSR count). The minimum atomic E-state index is -1.33. The average Bonchev–Trinajstić information content (AvgIpc) is 2.99. The van der Waals surface area contributed by atoms with Gasteiger partial charge in [-0.1, -0.05) is 42.5 Å². The molecule has 0 bridgehead atoms. The van der Waals surface area contributed by atoms with Crippen molar-refractivity contribution >= 4 is 17.8 Å². The van der Waals surface area contributed by atoms with E-state index in [1.807, 2.05) is 18.2 Å². The summed E-state index contributed by atoms with van der Waals surface area (Å²) in [5, 5.41) is 5.61. The number of hydrogen-bond donors (Lipinski definition) is 2. The summed E-state index contributed by atoms with van der Waals surface area (Å²) in [6.45, 7) is 3.70. The maximum atomic E-state index is 13.3. The van der Waals surface area contributed by atoms with Gasteiger partial charge in [0.2, 0.25) is 5.91 Å². The van der Waals surface area contributed by atoms with E-state index >= 15 is 0 Å². The molecule has 0 aromatic heterocycles. The second kappa shape index (κ2) is 9.08. The Balaban J connectivity index is 1.35. The number of nitrogens with one attached hydrogen (secondary N) is 2. The van der Waals surface area contributed by atoms with Crippen molar-refractivity contribution in [3.05, 3.63) is 71.5 Å². The van der Waals surface area contributed by atoms with Crippen molar-refractivity contribution in [2.24, 2.45) is 0 Å². The fourth-order valence-electron chi connectivity index (χ4n) is 4.39. The first kappa shape index (κ1) is 22.0. The number of likely N-dealkylation sites (tertiary alicyclic amines) is 1. The summed E-state index contributed by atoms with van der Waals surface area (Å²) in [7, 11) is 0. The van der Waals surface area contributed by atoms with Crippen LogP contribution in [0.1, 0.15) is 30.9 Å². The highest BCUT2D eigenvalue weighted by Gasteiger charge is 2.49. The van der Waals surface area contributed by atoms with Crippen molar-refractivity contribution in [3.8, 4) is 0 Å². The van der Waals surface area contributed by atoms with Crippen molar-refractivity contribution < 1.29 is 18.8 Å². The lowest BCUT2D eigenvalue weighted by Gasteiger charge is -2.33. The molecule has 2 aromatic carbocycles. The number of carbonyl (C=O) groups is 3. The van der Waals surface area contributed by atoms with Gasteiger partial charge in [-0.3, -0.25) is 19.4 Å². The normalized spacial score (nSPS) is 23.8. The van der Waals surface area contributed by atoms with Crippen LogP contribution in [0.15, 0.2) is 54.6 Å². The second-order valence-electron chi connectivity index (χ2n) is 8.58. The van der Waals surface area contributed by atoms with E-state index in [9.17, 15) is 18.8 Å². The van der Waals surface area contributed by atoms with Gasteiger partial charge in [0.1, 0.15) is 17.9 Å². The van der Waals surface area contributed by atoms with Crippen LogP contribution in [0.25, 0.3) is 0 Å². The summed E-state index contributed by atoms with van der Waals surface area (Å²) in [5.41, 5.74) is 0.352. The predicted octanol–water partition coefficient (Wildman–Crippen LogP) is 2.37. The number of urea groups is 1. The molecule has 0 saturated carbocycles. The minimum Gasteiger partial charge on any atom is -0.351 e. The van der Waals surface area contributed by atoms with Gasteiger partial charge >= 0.3 is 6.03 Å². The highest BCUT2D eigenvalue weighted by Crippen LogP contribution is 2.28.